The van der Waals surface area contributed by atoms with E-state index in [0.717, 1.165) is 18.4 Å². The molecule has 0 unspecified atom stereocenters. The van der Waals surface area contributed by atoms with Gasteiger partial charge < -0.3 is 10.1 Å². The van der Waals surface area contributed by atoms with E-state index in [1.807, 2.05) is 42.5 Å². The molecule has 2 rings (SSSR count). The summed E-state index contributed by atoms with van der Waals surface area (Å²) in [5.74, 6) is 0.554. The Labute approximate surface area is 136 Å². The highest BCUT2D eigenvalue weighted by atomic mass is 16.5. The van der Waals surface area contributed by atoms with Crippen molar-refractivity contribution in [2.75, 3.05) is 6.61 Å². The molecular formula is C19H20N2O2. The van der Waals surface area contributed by atoms with Crippen molar-refractivity contribution in [1.29, 1.82) is 5.26 Å². The second-order valence-electron chi connectivity index (χ2n) is 5.16. The predicted octanol–water partition coefficient (Wildman–Crippen LogP) is 3.69. The van der Waals surface area contributed by atoms with Crippen LogP contribution >= 0.6 is 0 Å². The highest BCUT2D eigenvalue weighted by Gasteiger charge is 2.06. The van der Waals surface area contributed by atoms with Crippen LogP contribution in [0.5, 0.6) is 5.75 Å². The van der Waals surface area contributed by atoms with E-state index in [1.54, 1.807) is 12.1 Å². The fraction of sp³-hybridized carbons (Fsp3) is 0.263. The van der Waals surface area contributed by atoms with Crippen LogP contribution in [0.1, 0.15) is 35.2 Å². The van der Waals surface area contributed by atoms with E-state index in [-0.39, 0.29) is 5.91 Å². The molecule has 0 aliphatic rings. The smallest absolute Gasteiger partial charge is 0.251 e. The minimum Gasteiger partial charge on any atom is -0.494 e. The van der Waals surface area contributed by atoms with Crippen LogP contribution in [0.15, 0.2) is 54.6 Å². The Balaban J connectivity index is 1.83. The van der Waals surface area contributed by atoms with Crippen molar-refractivity contribution in [3.8, 4) is 11.8 Å². The summed E-state index contributed by atoms with van der Waals surface area (Å²) in [6, 6.07) is 19.0. The van der Waals surface area contributed by atoms with Gasteiger partial charge in [-0.2, -0.15) is 5.26 Å². The van der Waals surface area contributed by atoms with Gasteiger partial charge in [-0.3, -0.25) is 4.79 Å². The average molecular weight is 308 g/mol. The minimum absolute atomic E-state index is 0.121. The molecule has 0 heterocycles. The van der Waals surface area contributed by atoms with Gasteiger partial charge in [-0.15, -0.1) is 0 Å². The Morgan fingerprint density at radius 2 is 1.91 bits per heavy atom. The van der Waals surface area contributed by atoms with Crippen molar-refractivity contribution in [1.82, 2.24) is 5.32 Å². The Kier molecular flexibility index (Phi) is 6.67. The molecule has 23 heavy (non-hydrogen) atoms. The Morgan fingerprint density at radius 3 is 2.70 bits per heavy atom. The van der Waals surface area contributed by atoms with Gasteiger partial charge in [0, 0.05) is 18.5 Å². The first-order valence-corrected chi connectivity index (χ1v) is 7.71. The summed E-state index contributed by atoms with van der Waals surface area (Å²) in [5.41, 5.74) is 1.64. The van der Waals surface area contributed by atoms with Gasteiger partial charge in [0.2, 0.25) is 0 Å². The first-order chi connectivity index (χ1) is 11.3. The Hall–Kier alpha value is -2.80. The fourth-order valence-electron chi connectivity index (χ4n) is 2.10. The topological polar surface area (TPSA) is 62.1 Å². The summed E-state index contributed by atoms with van der Waals surface area (Å²) in [6.45, 7) is 1.05. The summed E-state index contributed by atoms with van der Waals surface area (Å²) in [6.07, 6.45) is 2.21. The van der Waals surface area contributed by atoms with Crippen molar-refractivity contribution in [3.05, 3.63) is 65.7 Å². The zero-order valence-electron chi connectivity index (χ0n) is 13.0. The molecule has 0 saturated carbocycles. The molecule has 0 radical (unpaired) electrons. The third kappa shape index (κ3) is 5.84. The number of ether oxygens (including phenoxy) is 1. The molecule has 1 amide bonds. The van der Waals surface area contributed by atoms with Crippen LogP contribution in [0.4, 0.5) is 0 Å². The van der Waals surface area contributed by atoms with Gasteiger partial charge in [-0.05, 0) is 36.6 Å². The van der Waals surface area contributed by atoms with Gasteiger partial charge in [0.15, 0.2) is 0 Å². The van der Waals surface area contributed by atoms with Gasteiger partial charge in [-0.25, -0.2) is 0 Å². The number of nitrogens with one attached hydrogen (secondary N) is 1. The highest BCUT2D eigenvalue weighted by molar-refractivity contribution is 5.94. The molecule has 0 bridgehead atoms. The second-order valence-corrected chi connectivity index (χ2v) is 5.16. The Morgan fingerprint density at radius 1 is 1.09 bits per heavy atom. The number of unbranched alkanes of at least 4 members (excludes halogenated alkanes) is 2. The lowest BCUT2D eigenvalue weighted by atomic mass is 10.2. The third-order valence-corrected chi connectivity index (χ3v) is 3.34. The molecule has 0 aliphatic heterocycles. The maximum absolute atomic E-state index is 12.2. The molecule has 0 saturated heterocycles. The van der Waals surface area contributed by atoms with Crippen molar-refractivity contribution < 1.29 is 9.53 Å². The standard InChI is InChI=1S/C19H20N2O2/c20-12-5-2-6-13-23-18-11-7-10-17(14-18)19(22)21-15-16-8-3-1-4-9-16/h1,3-4,7-11,14H,2,5-6,13,15H2,(H,21,22). The van der Waals surface area contributed by atoms with E-state index in [9.17, 15) is 4.79 Å². The van der Waals surface area contributed by atoms with Crippen molar-refractivity contribution >= 4 is 5.91 Å². The fourth-order valence-corrected chi connectivity index (χ4v) is 2.10. The number of carbonyl (C=O) groups is 1. The zero-order valence-corrected chi connectivity index (χ0v) is 13.0. The lowest BCUT2D eigenvalue weighted by molar-refractivity contribution is 0.0950. The van der Waals surface area contributed by atoms with Crippen LogP contribution in [0.3, 0.4) is 0 Å². The number of nitrogens with zero attached hydrogens (tertiary/aromatic N) is 1. The highest BCUT2D eigenvalue weighted by Crippen LogP contribution is 2.14. The summed E-state index contributed by atoms with van der Waals surface area (Å²) in [5, 5.41) is 11.4. The average Bonchev–Trinajstić information content (AvgIpc) is 2.60. The first-order valence-electron chi connectivity index (χ1n) is 7.71. The van der Waals surface area contributed by atoms with Crippen LogP contribution in [-0.4, -0.2) is 12.5 Å². The van der Waals surface area contributed by atoms with Gasteiger partial charge in [0.25, 0.3) is 5.91 Å². The number of hydrogen-bond acceptors (Lipinski definition) is 3. The van der Waals surface area contributed by atoms with Crippen LogP contribution in [0.2, 0.25) is 0 Å². The molecular weight excluding hydrogens is 288 g/mol. The monoisotopic (exact) mass is 308 g/mol. The van der Waals surface area contributed by atoms with Gasteiger partial charge >= 0.3 is 0 Å². The molecule has 0 aliphatic carbocycles. The van der Waals surface area contributed by atoms with E-state index in [2.05, 4.69) is 11.4 Å². The molecule has 0 fully saturated rings. The van der Waals surface area contributed by atoms with Gasteiger partial charge in [0.05, 0.1) is 12.7 Å². The van der Waals surface area contributed by atoms with Crippen LogP contribution in [-0.2, 0) is 6.54 Å². The number of hydrogen-bond donors (Lipinski definition) is 1. The molecule has 0 spiro atoms. The molecule has 4 nitrogen and oxygen atoms in total. The summed E-state index contributed by atoms with van der Waals surface area (Å²) in [4.78, 5) is 12.2. The molecule has 118 valence electrons. The van der Waals surface area contributed by atoms with E-state index in [4.69, 9.17) is 10.00 Å². The van der Waals surface area contributed by atoms with Gasteiger partial charge in [-0.1, -0.05) is 36.4 Å². The summed E-state index contributed by atoms with van der Waals surface area (Å²) >= 11 is 0. The zero-order chi connectivity index (χ0) is 16.3. The van der Waals surface area contributed by atoms with Crippen LogP contribution in [0.25, 0.3) is 0 Å². The number of benzene rings is 2. The molecule has 2 aromatic rings. The summed E-state index contributed by atoms with van der Waals surface area (Å²) in [7, 11) is 0. The predicted molar refractivity (Wildman–Crippen MR) is 89.0 cm³/mol. The Bertz CT molecular complexity index is 663. The lowest BCUT2D eigenvalue weighted by Crippen LogP contribution is -2.22. The SMILES string of the molecule is N#CCCCCOc1cccc(C(=O)NCc2ccccc2)c1. The number of amides is 1. The largest absolute Gasteiger partial charge is 0.494 e. The maximum Gasteiger partial charge on any atom is 0.251 e. The lowest BCUT2D eigenvalue weighted by Gasteiger charge is -2.08. The van der Waals surface area contributed by atoms with Crippen molar-refractivity contribution in [2.45, 2.75) is 25.8 Å². The van der Waals surface area contributed by atoms with Crippen molar-refractivity contribution in [2.24, 2.45) is 0 Å². The molecule has 0 aromatic heterocycles. The third-order valence-electron chi connectivity index (χ3n) is 3.34. The normalized spacial score (nSPS) is 9.87. The first kappa shape index (κ1) is 16.6. The van der Waals surface area contributed by atoms with E-state index in [0.29, 0.717) is 30.9 Å². The molecule has 1 N–H and O–H groups in total. The van der Waals surface area contributed by atoms with Crippen LogP contribution in [0, 0.1) is 11.3 Å². The van der Waals surface area contributed by atoms with Crippen LogP contribution < -0.4 is 10.1 Å². The quantitative estimate of drug-likeness (QED) is 0.757. The summed E-state index contributed by atoms with van der Waals surface area (Å²) < 4.78 is 5.62. The second kappa shape index (κ2) is 9.26. The van der Waals surface area contributed by atoms with Gasteiger partial charge in [0.1, 0.15) is 5.75 Å². The molecule has 2 aromatic carbocycles. The molecule has 4 heteroatoms. The van der Waals surface area contributed by atoms with E-state index in [1.165, 1.54) is 0 Å². The maximum atomic E-state index is 12.2. The molecule has 0 atom stereocenters. The van der Waals surface area contributed by atoms with E-state index < -0.39 is 0 Å². The van der Waals surface area contributed by atoms with E-state index >= 15 is 0 Å². The minimum atomic E-state index is -0.121. The number of carbonyl (C=O) groups excluding carboxylic acids is 1. The number of rotatable bonds is 8. The van der Waals surface area contributed by atoms with Crippen molar-refractivity contribution in [3.63, 3.8) is 0 Å². The number of nitriles is 1.